The normalized spacial score (nSPS) is 11.0. The van der Waals surface area contributed by atoms with Crippen molar-refractivity contribution in [3.05, 3.63) is 89.5 Å². The molecule has 0 bridgehead atoms. The molecule has 1 amide bonds. The molecular formula is C24H24N2O5S. The van der Waals surface area contributed by atoms with Gasteiger partial charge >= 0.3 is 5.97 Å². The number of rotatable bonds is 7. The number of aryl methyl sites for hydroxylation is 1. The van der Waals surface area contributed by atoms with Crippen molar-refractivity contribution in [1.82, 2.24) is 0 Å². The molecule has 0 spiro atoms. The minimum Gasteiger partial charge on any atom is -0.462 e. The number of esters is 1. The van der Waals surface area contributed by atoms with Crippen LogP contribution < -0.4 is 9.62 Å². The third kappa shape index (κ3) is 4.97. The van der Waals surface area contributed by atoms with Gasteiger partial charge in [0.15, 0.2) is 0 Å². The Morgan fingerprint density at radius 2 is 1.56 bits per heavy atom. The van der Waals surface area contributed by atoms with Crippen molar-refractivity contribution < 1.29 is 22.7 Å². The van der Waals surface area contributed by atoms with E-state index in [2.05, 4.69) is 5.32 Å². The molecule has 0 saturated heterocycles. The average molecular weight is 453 g/mol. The number of hydrogen-bond donors (Lipinski definition) is 1. The Kier molecular flexibility index (Phi) is 6.95. The Bertz CT molecular complexity index is 1220. The molecule has 0 heterocycles. The number of nitrogens with one attached hydrogen (secondary N) is 1. The lowest BCUT2D eigenvalue weighted by Gasteiger charge is -2.19. The highest BCUT2D eigenvalue weighted by molar-refractivity contribution is 7.92. The van der Waals surface area contributed by atoms with Crippen LogP contribution in [0, 0.1) is 6.92 Å². The van der Waals surface area contributed by atoms with E-state index in [0.29, 0.717) is 28.1 Å². The second-order valence-corrected chi connectivity index (χ2v) is 9.01. The van der Waals surface area contributed by atoms with E-state index >= 15 is 0 Å². The van der Waals surface area contributed by atoms with E-state index in [0.717, 1.165) is 0 Å². The van der Waals surface area contributed by atoms with E-state index in [1.54, 1.807) is 74.5 Å². The Morgan fingerprint density at radius 1 is 0.938 bits per heavy atom. The van der Waals surface area contributed by atoms with E-state index in [1.165, 1.54) is 23.5 Å². The van der Waals surface area contributed by atoms with Crippen LogP contribution in [0.25, 0.3) is 0 Å². The zero-order valence-corrected chi connectivity index (χ0v) is 18.8. The number of sulfonamides is 1. The molecule has 7 nitrogen and oxygen atoms in total. The Labute approximate surface area is 187 Å². The molecule has 0 saturated carbocycles. The maximum Gasteiger partial charge on any atom is 0.338 e. The first kappa shape index (κ1) is 23.0. The smallest absolute Gasteiger partial charge is 0.338 e. The van der Waals surface area contributed by atoms with Crippen molar-refractivity contribution >= 4 is 33.3 Å². The second kappa shape index (κ2) is 9.65. The summed E-state index contributed by atoms with van der Waals surface area (Å²) in [6, 6.07) is 19.3. The van der Waals surface area contributed by atoms with Gasteiger partial charge in [-0.1, -0.05) is 18.2 Å². The summed E-state index contributed by atoms with van der Waals surface area (Å²) in [5.74, 6) is -0.768. The van der Waals surface area contributed by atoms with Crippen molar-refractivity contribution in [3.8, 4) is 0 Å². The molecule has 3 rings (SSSR count). The number of anilines is 2. The van der Waals surface area contributed by atoms with E-state index in [1.807, 2.05) is 0 Å². The summed E-state index contributed by atoms with van der Waals surface area (Å²) in [5, 5.41) is 2.81. The number of nitrogens with zero attached hydrogens (tertiary/aromatic N) is 1. The molecular weight excluding hydrogens is 428 g/mol. The molecule has 8 heteroatoms. The molecule has 0 atom stereocenters. The van der Waals surface area contributed by atoms with Crippen LogP contribution in [0.15, 0.2) is 77.7 Å². The molecule has 0 fully saturated rings. The van der Waals surface area contributed by atoms with Gasteiger partial charge in [0.25, 0.3) is 15.9 Å². The highest BCUT2D eigenvalue weighted by atomic mass is 32.2. The van der Waals surface area contributed by atoms with E-state index in [9.17, 15) is 18.0 Å². The standard InChI is InChI=1S/C24H24N2O5S/c1-4-31-24(28)19-12-15-22(17(2)16-19)25-23(27)18-10-13-20(14-11-18)26(3)32(29,30)21-8-6-5-7-9-21/h5-16H,4H2,1-3H3,(H,25,27). The zero-order chi connectivity index (χ0) is 23.3. The van der Waals surface area contributed by atoms with Gasteiger partial charge < -0.3 is 10.1 Å². The fourth-order valence-electron chi connectivity index (χ4n) is 3.05. The highest BCUT2D eigenvalue weighted by Crippen LogP contribution is 2.23. The van der Waals surface area contributed by atoms with Gasteiger partial charge in [-0.25, -0.2) is 13.2 Å². The molecule has 3 aromatic rings. The quantitative estimate of drug-likeness (QED) is 0.541. The first-order valence-electron chi connectivity index (χ1n) is 9.97. The molecule has 0 unspecified atom stereocenters. The van der Waals surface area contributed by atoms with Crippen LogP contribution in [0.5, 0.6) is 0 Å². The summed E-state index contributed by atoms with van der Waals surface area (Å²) in [6.07, 6.45) is 0. The fourth-order valence-corrected chi connectivity index (χ4v) is 4.27. The van der Waals surface area contributed by atoms with Crippen LogP contribution in [-0.4, -0.2) is 33.9 Å². The van der Waals surface area contributed by atoms with Crippen LogP contribution in [0.3, 0.4) is 0 Å². The van der Waals surface area contributed by atoms with Crippen LogP contribution >= 0.6 is 0 Å². The number of benzene rings is 3. The molecule has 166 valence electrons. The number of ether oxygens (including phenoxy) is 1. The van der Waals surface area contributed by atoms with Gasteiger partial charge in [-0.05, 0) is 74.0 Å². The van der Waals surface area contributed by atoms with Gasteiger partial charge in [0.2, 0.25) is 0 Å². The SMILES string of the molecule is CCOC(=O)c1ccc(NC(=O)c2ccc(N(C)S(=O)(=O)c3ccccc3)cc2)c(C)c1. The first-order valence-corrected chi connectivity index (χ1v) is 11.4. The van der Waals surface area contributed by atoms with Crippen molar-refractivity contribution in [2.75, 3.05) is 23.3 Å². The van der Waals surface area contributed by atoms with Gasteiger partial charge in [-0.2, -0.15) is 0 Å². The van der Waals surface area contributed by atoms with Gasteiger partial charge in [0, 0.05) is 18.3 Å². The monoisotopic (exact) mass is 452 g/mol. The molecule has 0 radical (unpaired) electrons. The predicted molar refractivity (Wildman–Crippen MR) is 124 cm³/mol. The third-order valence-corrected chi connectivity index (χ3v) is 6.68. The molecule has 0 aromatic heterocycles. The summed E-state index contributed by atoms with van der Waals surface area (Å²) in [7, 11) is -2.24. The van der Waals surface area contributed by atoms with Gasteiger partial charge in [-0.3, -0.25) is 9.10 Å². The molecule has 3 aromatic carbocycles. The number of hydrogen-bond acceptors (Lipinski definition) is 5. The zero-order valence-electron chi connectivity index (χ0n) is 18.0. The topological polar surface area (TPSA) is 92.8 Å². The number of carbonyl (C=O) groups is 2. The Hall–Kier alpha value is -3.65. The van der Waals surface area contributed by atoms with Gasteiger partial charge in [-0.15, -0.1) is 0 Å². The lowest BCUT2D eigenvalue weighted by atomic mass is 10.1. The summed E-state index contributed by atoms with van der Waals surface area (Å²) >= 11 is 0. The third-order valence-electron chi connectivity index (χ3n) is 4.88. The van der Waals surface area contributed by atoms with Gasteiger partial charge in [0.1, 0.15) is 0 Å². The molecule has 0 aliphatic heterocycles. The lowest BCUT2D eigenvalue weighted by molar-refractivity contribution is 0.0526. The highest BCUT2D eigenvalue weighted by Gasteiger charge is 2.21. The summed E-state index contributed by atoms with van der Waals surface area (Å²) in [5.41, 5.74) is 2.49. The molecule has 0 aliphatic carbocycles. The van der Waals surface area contributed by atoms with Crippen LogP contribution in [0.1, 0.15) is 33.2 Å². The number of amides is 1. The first-order chi connectivity index (χ1) is 15.2. The van der Waals surface area contributed by atoms with E-state index in [-0.39, 0.29) is 17.4 Å². The summed E-state index contributed by atoms with van der Waals surface area (Å²) < 4.78 is 31.7. The average Bonchev–Trinajstić information content (AvgIpc) is 2.80. The largest absolute Gasteiger partial charge is 0.462 e. The summed E-state index contributed by atoms with van der Waals surface area (Å²) in [6.45, 7) is 3.80. The second-order valence-electron chi connectivity index (χ2n) is 7.04. The molecule has 0 aliphatic rings. The van der Waals surface area contributed by atoms with Gasteiger partial charge in [0.05, 0.1) is 22.8 Å². The van der Waals surface area contributed by atoms with Crippen molar-refractivity contribution in [2.45, 2.75) is 18.7 Å². The van der Waals surface area contributed by atoms with E-state index in [4.69, 9.17) is 4.74 Å². The van der Waals surface area contributed by atoms with Crippen LogP contribution in [-0.2, 0) is 14.8 Å². The van der Waals surface area contributed by atoms with Crippen LogP contribution in [0.4, 0.5) is 11.4 Å². The number of carbonyl (C=O) groups excluding carboxylic acids is 2. The van der Waals surface area contributed by atoms with Crippen molar-refractivity contribution in [3.63, 3.8) is 0 Å². The minimum atomic E-state index is -3.70. The lowest BCUT2D eigenvalue weighted by Crippen LogP contribution is -2.26. The maximum absolute atomic E-state index is 12.8. The maximum atomic E-state index is 12.8. The molecule has 32 heavy (non-hydrogen) atoms. The predicted octanol–water partition coefficient (Wildman–Crippen LogP) is 4.25. The summed E-state index contributed by atoms with van der Waals surface area (Å²) in [4.78, 5) is 24.7. The van der Waals surface area contributed by atoms with Crippen LogP contribution in [0.2, 0.25) is 0 Å². The van der Waals surface area contributed by atoms with E-state index < -0.39 is 16.0 Å². The van der Waals surface area contributed by atoms with Crippen molar-refractivity contribution in [1.29, 1.82) is 0 Å². The minimum absolute atomic E-state index is 0.186. The Balaban J connectivity index is 1.74. The van der Waals surface area contributed by atoms with Crippen molar-refractivity contribution in [2.24, 2.45) is 0 Å². The Morgan fingerprint density at radius 3 is 2.16 bits per heavy atom. The fraction of sp³-hybridized carbons (Fsp3) is 0.167. The molecule has 1 N–H and O–H groups in total.